The van der Waals surface area contributed by atoms with Crippen LogP contribution in [0.1, 0.15) is 46.5 Å². The summed E-state index contributed by atoms with van der Waals surface area (Å²) in [5.41, 5.74) is 1.74. The van der Waals surface area contributed by atoms with Gasteiger partial charge in [-0.1, -0.05) is 6.07 Å². The first-order chi connectivity index (χ1) is 14.3. The minimum Gasteiger partial charge on any atom is -0.441 e. The molecule has 1 spiro atoms. The molecule has 0 radical (unpaired) electrons. The first-order valence-corrected chi connectivity index (χ1v) is 10.8. The normalized spacial score (nSPS) is 24.4. The number of carbonyl (C=O) groups excluding carboxylic acids is 1. The van der Waals surface area contributed by atoms with E-state index in [4.69, 9.17) is 16.0 Å². The van der Waals surface area contributed by atoms with Crippen LogP contribution in [0, 0.1) is 12.5 Å². The minimum absolute atomic E-state index is 0.224. The molecule has 2 aromatic rings. The van der Waals surface area contributed by atoms with Crippen LogP contribution in [0.25, 0.3) is 15.9 Å². The Morgan fingerprint density at radius 3 is 3.03 bits per heavy atom. The summed E-state index contributed by atoms with van der Waals surface area (Å²) in [4.78, 5) is 22.4. The Morgan fingerprint density at radius 2 is 2.27 bits per heavy atom. The maximum absolute atomic E-state index is 12.6. The van der Waals surface area contributed by atoms with Crippen LogP contribution in [0.4, 0.5) is 10.5 Å². The van der Waals surface area contributed by atoms with Crippen molar-refractivity contribution >= 4 is 22.8 Å². The Morgan fingerprint density at radius 1 is 1.43 bits per heavy atom. The summed E-state index contributed by atoms with van der Waals surface area (Å²) < 4.78 is 13.9. The van der Waals surface area contributed by atoms with Gasteiger partial charge in [0.2, 0.25) is 0 Å². The summed E-state index contributed by atoms with van der Waals surface area (Å²) in [7, 11) is 0. The maximum Gasteiger partial charge on any atom is 0.410 e. The molecule has 1 saturated heterocycles. The van der Waals surface area contributed by atoms with E-state index < -0.39 is 5.60 Å². The van der Waals surface area contributed by atoms with Gasteiger partial charge in [0.1, 0.15) is 5.60 Å². The number of imidazole rings is 1. The highest BCUT2D eigenvalue weighted by atomic mass is 16.6. The highest BCUT2D eigenvalue weighted by Crippen LogP contribution is 2.41. The second-order valence-electron chi connectivity index (χ2n) is 9.24. The third kappa shape index (κ3) is 4.15. The zero-order valence-electron chi connectivity index (χ0n) is 18.1. The Labute approximate surface area is 177 Å². The van der Waals surface area contributed by atoms with Gasteiger partial charge in [0.05, 0.1) is 42.6 Å². The average molecular weight is 411 g/mol. The maximum atomic E-state index is 12.6. The van der Waals surface area contributed by atoms with Crippen LogP contribution in [0.5, 0.6) is 0 Å². The number of ether oxygens (including phenoxy) is 2. The van der Waals surface area contributed by atoms with Crippen molar-refractivity contribution in [3.8, 4) is 0 Å². The molecule has 160 valence electrons. The van der Waals surface area contributed by atoms with Crippen molar-refractivity contribution in [2.45, 2.75) is 64.2 Å². The number of hydrogen-bond donors (Lipinski definition) is 0. The predicted molar refractivity (Wildman–Crippen MR) is 114 cm³/mol. The molecule has 2 atom stereocenters. The van der Waals surface area contributed by atoms with Gasteiger partial charge in [-0.25, -0.2) is 14.6 Å². The van der Waals surface area contributed by atoms with Gasteiger partial charge < -0.3 is 18.9 Å². The number of fused-ring (bicyclic) bond motifs is 1. The lowest BCUT2D eigenvalue weighted by molar-refractivity contribution is -0.0261. The Balaban J connectivity index is 1.46. The topological polar surface area (TPSA) is 61.0 Å². The lowest BCUT2D eigenvalue weighted by Crippen LogP contribution is -2.44. The van der Waals surface area contributed by atoms with E-state index in [1.54, 1.807) is 6.07 Å². The van der Waals surface area contributed by atoms with Gasteiger partial charge in [0.15, 0.2) is 5.69 Å². The number of benzene rings is 1. The van der Waals surface area contributed by atoms with Crippen molar-refractivity contribution in [1.82, 2.24) is 14.5 Å². The van der Waals surface area contributed by atoms with Crippen molar-refractivity contribution in [2.75, 3.05) is 19.7 Å². The monoisotopic (exact) mass is 410 g/mol. The van der Waals surface area contributed by atoms with E-state index in [1.165, 1.54) is 0 Å². The van der Waals surface area contributed by atoms with E-state index in [1.807, 2.05) is 44.1 Å². The lowest BCUT2D eigenvalue weighted by Gasteiger charge is -2.36. The third-order valence-electron chi connectivity index (χ3n) is 6.24. The highest BCUT2D eigenvalue weighted by Gasteiger charge is 2.48. The minimum atomic E-state index is -0.402. The summed E-state index contributed by atoms with van der Waals surface area (Å²) in [6.07, 6.45) is 5.54. The quantitative estimate of drug-likeness (QED) is 0.643. The summed E-state index contributed by atoms with van der Waals surface area (Å²) in [5, 5.41) is 0. The fourth-order valence-electron chi connectivity index (χ4n) is 5.08. The second kappa shape index (κ2) is 7.92. The van der Waals surface area contributed by atoms with Crippen molar-refractivity contribution in [2.24, 2.45) is 5.92 Å². The van der Waals surface area contributed by atoms with Crippen molar-refractivity contribution in [1.29, 1.82) is 0 Å². The summed E-state index contributed by atoms with van der Waals surface area (Å²) in [6, 6.07) is 5.61. The van der Waals surface area contributed by atoms with Gasteiger partial charge in [-0.05, 0) is 64.5 Å². The largest absolute Gasteiger partial charge is 0.441 e. The van der Waals surface area contributed by atoms with Crippen LogP contribution in [0.3, 0.4) is 0 Å². The molecule has 2 heterocycles. The van der Waals surface area contributed by atoms with Crippen LogP contribution >= 0.6 is 0 Å². The third-order valence-corrected chi connectivity index (χ3v) is 6.24. The molecule has 0 unspecified atom stereocenters. The number of aromatic nitrogens is 2. The average Bonchev–Trinajstić information content (AvgIpc) is 3.21. The molecule has 0 bridgehead atoms. The van der Waals surface area contributed by atoms with Gasteiger partial charge in [0.25, 0.3) is 0 Å². The molecule has 2 aliphatic rings. The highest BCUT2D eigenvalue weighted by molar-refractivity contribution is 5.79. The molecule has 30 heavy (non-hydrogen) atoms. The van der Waals surface area contributed by atoms with Gasteiger partial charge in [-0.3, -0.25) is 0 Å². The molecule has 1 aliphatic heterocycles. The Kier molecular flexibility index (Phi) is 5.46. The number of rotatable bonds is 6. The number of hydrogen-bond acceptors (Lipinski definition) is 4. The van der Waals surface area contributed by atoms with E-state index in [2.05, 4.69) is 14.4 Å². The van der Waals surface area contributed by atoms with Crippen LogP contribution in [0.2, 0.25) is 0 Å². The Hall–Kier alpha value is -2.59. The fraction of sp³-hybridized carbons (Fsp3) is 0.609. The molecule has 7 heteroatoms. The first-order valence-electron chi connectivity index (χ1n) is 10.8. The zero-order chi connectivity index (χ0) is 21.4. The summed E-state index contributed by atoms with van der Waals surface area (Å²) in [5.74, 6) is 0.403. The van der Waals surface area contributed by atoms with E-state index >= 15 is 0 Å². The summed E-state index contributed by atoms with van der Waals surface area (Å²) in [6.45, 7) is 15.9. The number of amides is 1. The van der Waals surface area contributed by atoms with Crippen LogP contribution in [0.15, 0.2) is 24.5 Å². The van der Waals surface area contributed by atoms with E-state index in [-0.39, 0.29) is 11.7 Å². The predicted octanol–water partition coefficient (Wildman–Crippen LogP) is 4.78. The molecule has 4 rings (SSSR count). The van der Waals surface area contributed by atoms with Gasteiger partial charge in [-0.2, -0.15) is 0 Å². The van der Waals surface area contributed by atoms with Gasteiger partial charge in [-0.15, -0.1) is 0 Å². The number of carbonyl (C=O) groups is 1. The lowest BCUT2D eigenvalue weighted by atomic mass is 9.78. The van der Waals surface area contributed by atoms with Crippen molar-refractivity contribution < 1.29 is 14.3 Å². The van der Waals surface area contributed by atoms with Gasteiger partial charge >= 0.3 is 6.09 Å². The molecule has 1 aromatic heterocycles. The summed E-state index contributed by atoms with van der Waals surface area (Å²) >= 11 is 0. The standard InChI is InChI=1S/C23H30N4O3/c1-5-29-22(2,3)14-27-15-23(30-21(27)28)10-6-7-17(12-23)13-26-16-25-19-9-8-18(24-4)11-20(19)26/h8-9,11,16-17H,5-7,10,12-15H2,1-3H3/t17-,23-/m0/s1. The van der Waals surface area contributed by atoms with Crippen LogP contribution < -0.4 is 0 Å². The number of nitrogens with zero attached hydrogens (tertiary/aromatic N) is 4. The van der Waals surface area contributed by atoms with Gasteiger partial charge in [0, 0.05) is 13.2 Å². The Bertz CT molecular complexity index is 976. The molecule has 1 amide bonds. The SMILES string of the molecule is [C-]#[N+]c1ccc2ncn(C[C@H]3CCC[C@]4(C3)CN(CC(C)(C)OCC)C(=O)O4)c2c1. The second-order valence-corrected chi connectivity index (χ2v) is 9.24. The first kappa shape index (κ1) is 20.7. The van der Waals surface area contributed by atoms with Crippen LogP contribution in [-0.4, -0.2) is 51.4 Å². The molecular formula is C23H30N4O3. The molecule has 7 nitrogen and oxygen atoms in total. The zero-order valence-corrected chi connectivity index (χ0v) is 18.1. The smallest absolute Gasteiger partial charge is 0.410 e. The molecule has 1 aliphatic carbocycles. The van der Waals surface area contributed by atoms with E-state index in [0.29, 0.717) is 31.3 Å². The molecule has 2 fully saturated rings. The van der Waals surface area contributed by atoms with E-state index in [9.17, 15) is 4.79 Å². The fourth-order valence-corrected chi connectivity index (χ4v) is 5.08. The molecule has 1 aromatic carbocycles. The molecular weight excluding hydrogens is 380 g/mol. The van der Waals surface area contributed by atoms with Crippen molar-refractivity contribution in [3.05, 3.63) is 35.9 Å². The molecule has 0 N–H and O–H groups in total. The molecule has 1 saturated carbocycles. The van der Waals surface area contributed by atoms with Crippen molar-refractivity contribution in [3.63, 3.8) is 0 Å². The van der Waals surface area contributed by atoms with Crippen LogP contribution in [-0.2, 0) is 16.0 Å². The van der Waals surface area contributed by atoms with E-state index in [0.717, 1.165) is 43.3 Å².